The van der Waals surface area contributed by atoms with Crippen LogP contribution in [0.3, 0.4) is 0 Å². The first-order chi connectivity index (χ1) is 9.49. The summed E-state index contributed by atoms with van der Waals surface area (Å²) in [4.78, 5) is 19.0. The zero-order chi connectivity index (χ0) is 14.7. The fourth-order valence-corrected chi connectivity index (χ4v) is 2.00. The van der Waals surface area contributed by atoms with E-state index < -0.39 is 0 Å². The molecule has 20 heavy (non-hydrogen) atoms. The topological polar surface area (TPSA) is 94.1 Å². The van der Waals surface area contributed by atoms with Gasteiger partial charge in [0.05, 0.1) is 23.4 Å². The summed E-state index contributed by atoms with van der Waals surface area (Å²) in [5.74, 6) is 1.34. The van der Waals surface area contributed by atoms with E-state index in [2.05, 4.69) is 15.3 Å². The van der Waals surface area contributed by atoms with Gasteiger partial charge in [0.1, 0.15) is 5.76 Å². The van der Waals surface area contributed by atoms with Crippen LogP contribution in [0.25, 0.3) is 0 Å². The summed E-state index contributed by atoms with van der Waals surface area (Å²) in [7, 11) is 0. The highest BCUT2D eigenvalue weighted by Gasteiger charge is 2.18. The number of hydrogen-bond donors (Lipinski definition) is 1. The van der Waals surface area contributed by atoms with Crippen molar-refractivity contribution in [2.45, 2.75) is 33.9 Å². The van der Waals surface area contributed by atoms with E-state index in [-0.39, 0.29) is 10.6 Å². The van der Waals surface area contributed by atoms with Crippen molar-refractivity contribution in [1.29, 1.82) is 0 Å². The molecule has 0 amide bonds. The Kier molecular flexibility index (Phi) is 4.09. The molecule has 0 bridgehead atoms. The van der Waals surface area contributed by atoms with Crippen LogP contribution in [0.15, 0.2) is 16.8 Å². The highest BCUT2D eigenvalue weighted by Crippen LogP contribution is 2.23. The molecule has 2 rings (SSSR count). The molecule has 2 aromatic rings. The number of aryl methyl sites for hydroxylation is 2. The van der Waals surface area contributed by atoms with Gasteiger partial charge in [-0.1, -0.05) is 0 Å². The van der Waals surface area contributed by atoms with Crippen molar-refractivity contribution in [3.05, 3.63) is 51.0 Å². The number of hydrogen-bond acceptors (Lipinski definition) is 6. The number of nitrogens with zero attached hydrogens (tertiary/aromatic N) is 3. The summed E-state index contributed by atoms with van der Waals surface area (Å²) in [6.07, 6.45) is 3.18. The molecule has 0 aliphatic rings. The minimum atomic E-state index is -0.368. The maximum Gasteiger partial charge on any atom is 0.278 e. The van der Waals surface area contributed by atoms with Crippen molar-refractivity contribution in [1.82, 2.24) is 15.3 Å². The Hall–Kier alpha value is -2.28. The molecular weight excluding hydrogens is 260 g/mol. The van der Waals surface area contributed by atoms with E-state index in [1.807, 2.05) is 6.92 Å². The van der Waals surface area contributed by atoms with E-state index in [0.29, 0.717) is 35.8 Å². The van der Waals surface area contributed by atoms with E-state index in [9.17, 15) is 10.1 Å². The van der Waals surface area contributed by atoms with Crippen LogP contribution in [0.2, 0.25) is 0 Å². The molecule has 0 radical (unpaired) electrons. The molecule has 0 spiro atoms. The minimum Gasteiger partial charge on any atom is -0.445 e. The molecular formula is C13H16N4O3. The van der Waals surface area contributed by atoms with Crippen molar-refractivity contribution < 1.29 is 9.34 Å². The summed E-state index contributed by atoms with van der Waals surface area (Å²) in [5.41, 5.74) is 1.94. The highest BCUT2D eigenvalue weighted by atomic mass is 16.6. The zero-order valence-corrected chi connectivity index (χ0v) is 11.6. The van der Waals surface area contributed by atoms with Gasteiger partial charge in [-0.15, -0.1) is 0 Å². The Morgan fingerprint density at radius 3 is 2.60 bits per heavy atom. The van der Waals surface area contributed by atoms with Crippen molar-refractivity contribution in [2.24, 2.45) is 0 Å². The van der Waals surface area contributed by atoms with E-state index in [0.717, 1.165) is 5.76 Å². The maximum atomic E-state index is 11.0. The molecule has 7 nitrogen and oxygen atoms in total. The molecule has 0 aromatic carbocycles. The lowest BCUT2D eigenvalue weighted by Crippen LogP contribution is -2.15. The van der Waals surface area contributed by atoms with Crippen LogP contribution < -0.4 is 5.32 Å². The maximum absolute atomic E-state index is 11.0. The summed E-state index contributed by atoms with van der Waals surface area (Å²) in [6, 6.07) is 0. The van der Waals surface area contributed by atoms with Gasteiger partial charge >= 0.3 is 0 Å². The molecule has 1 N–H and O–H groups in total. The van der Waals surface area contributed by atoms with Crippen LogP contribution in [0.4, 0.5) is 5.69 Å². The molecule has 0 aliphatic carbocycles. The van der Waals surface area contributed by atoms with Crippen molar-refractivity contribution >= 4 is 5.69 Å². The molecule has 0 unspecified atom stereocenters. The highest BCUT2D eigenvalue weighted by molar-refractivity contribution is 5.47. The third kappa shape index (κ3) is 3.00. The van der Waals surface area contributed by atoms with Gasteiger partial charge in [0, 0.05) is 23.9 Å². The van der Waals surface area contributed by atoms with Gasteiger partial charge in [-0.2, -0.15) is 0 Å². The summed E-state index contributed by atoms with van der Waals surface area (Å²) < 4.78 is 5.33. The molecule has 2 aromatic heterocycles. The normalized spacial score (nSPS) is 10.8. The average Bonchev–Trinajstić information content (AvgIpc) is 2.77. The summed E-state index contributed by atoms with van der Waals surface area (Å²) in [5, 5.41) is 14.1. The largest absolute Gasteiger partial charge is 0.445 e. The molecule has 0 saturated carbocycles. The second kappa shape index (κ2) is 5.79. The van der Waals surface area contributed by atoms with Gasteiger partial charge in [0.2, 0.25) is 5.89 Å². The predicted octanol–water partition coefficient (Wildman–Crippen LogP) is 2.19. The molecule has 0 atom stereocenters. The Morgan fingerprint density at radius 1 is 1.25 bits per heavy atom. The van der Waals surface area contributed by atoms with Crippen LogP contribution in [-0.2, 0) is 13.1 Å². The first-order valence-electron chi connectivity index (χ1n) is 6.20. The summed E-state index contributed by atoms with van der Waals surface area (Å²) >= 11 is 0. The van der Waals surface area contributed by atoms with Crippen molar-refractivity contribution in [3.63, 3.8) is 0 Å². The first kappa shape index (κ1) is 14.1. The SMILES string of the molecule is Cc1cnc(CNCc2ncc(C)c([N+](=O)[O-])c2C)o1. The number of oxazole rings is 1. The lowest BCUT2D eigenvalue weighted by Gasteiger charge is -2.07. The average molecular weight is 276 g/mol. The Labute approximate surface area is 116 Å². The van der Waals surface area contributed by atoms with Crippen molar-refractivity contribution in [2.75, 3.05) is 0 Å². The number of aromatic nitrogens is 2. The number of pyridine rings is 1. The fraction of sp³-hybridized carbons (Fsp3) is 0.385. The van der Waals surface area contributed by atoms with E-state index in [1.54, 1.807) is 20.0 Å². The van der Waals surface area contributed by atoms with Gasteiger partial charge in [-0.25, -0.2) is 4.98 Å². The second-order valence-corrected chi connectivity index (χ2v) is 4.59. The third-order valence-electron chi connectivity index (χ3n) is 3.00. The smallest absolute Gasteiger partial charge is 0.278 e. The Bertz CT molecular complexity index is 637. The predicted molar refractivity (Wildman–Crippen MR) is 72.1 cm³/mol. The molecule has 106 valence electrons. The van der Waals surface area contributed by atoms with Crippen LogP contribution >= 0.6 is 0 Å². The third-order valence-corrected chi connectivity index (χ3v) is 3.00. The molecule has 0 aliphatic heterocycles. The van der Waals surface area contributed by atoms with E-state index in [4.69, 9.17) is 4.42 Å². The van der Waals surface area contributed by atoms with E-state index in [1.165, 1.54) is 6.20 Å². The summed E-state index contributed by atoms with van der Waals surface area (Å²) in [6.45, 7) is 6.10. The van der Waals surface area contributed by atoms with Crippen LogP contribution in [-0.4, -0.2) is 14.9 Å². The van der Waals surface area contributed by atoms with Gasteiger partial charge in [-0.3, -0.25) is 15.1 Å². The second-order valence-electron chi connectivity index (χ2n) is 4.59. The van der Waals surface area contributed by atoms with Crippen molar-refractivity contribution in [3.8, 4) is 0 Å². The van der Waals surface area contributed by atoms with Gasteiger partial charge in [0.25, 0.3) is 5.69 Å². The molecule has 2 heterocycles. The number of nitrogens with one attached hydrogen (secondary N) is 1. The fourth-order valence-electron chi connectivity index (χ4n) is 2.00. The number of rotatable bonds is 5. The molecule has 0 fully saturated rings. The molecule has 0 saturated heterocycles. The zero-order valence-electron chi connectivity index (χ0n) is 11.6. The lowest BCUT2D eigenvalue weighted by atomic mass is 10.1. The quantitative estimate of drug-likeness (QED) is 0.664. The van der Waals surface area contributed by atoms with Gasteiger partial charge in [0.15, 0.2) is 0 Å². The van der Waals surface area contributed by atoms with Crippen LogP contribution in [0.1, 0.15) is 28.5 Å². The minimum absolute atomic E-state index is 0.128. The van der Waals surface area contributed by atoms with Gasteiger partial charge in [-0.05, 0) is 20.8 Å². The van der Waals surface area contributed by atoms with E-state index >= 15 is 0 Å². The number of nitro groups is 1. The Balaban J connectivity index is 2.06. The first-order valence-corrected chi connectivity index (χ1v) is 6.20. The monoisotopic (exact) mass is 276 g/mol. The van der Waals surface area contributed by atoms with Crippen LogP contribution in [0.5, 0.6) is 0 Å². The Morgan fingerprint density at radius 2 is 2.00 bits per heavy atom. The molecule has 7 heteroatoms. The van der Waals surface area contributed by atoms with Crippen LogP contribution in [0, 0.1) is 30.9 Å². The lowest BCUT2D eigenvalue weighted by molar-refractivity contribution is -0.386. The standard InChI is InChI=1S/C13H16N4O3/c1-8-4-15-11(10(3)13(8)17(18)19)6-14-7-12-16-5-9(2)20-12/h4-5,14H,6-7H2,1-3H3. The van der Waals surface area contributed by atoms with Gasteiger partial charge < -0.3 is 9.73 Å².